The van der Waals surface area contributed by atoms with Gasteiger partial charge in [0.1, 0.15) is 0 Å². The molecule has 176 valence electrons. The van der Waals surface area contributed by atoms with Crippen molar-refractivity contribution in [2.75, 3.05) is 0 Å². The molecule has 0 saturated carbocycles. The standard InChI is InChI=1S/C32H23.3ClH.Zr/c1-3-11-24(12-4-1)30(25-13-5-2-6-14-25)22-32-28(23-15-7-8-16-23)19-20-29-27-18-10-9-17-26(27)21-31(29)32;;;;/h1-15,17-20H,16,21H2;3*1H;/q-1;;;;+4/p-3. The van der Waals surface area contributed by atoms with Gasteiger partial charge in [-0.2, -0.15) is 0 Å². The van der Waals surface area contributed by atoms with Gasteiger partial charge in [0.15, 0.2) is 0 Å². The Morgan fingerprint density at radius 1 is 0.611 bits per heavy atom. The first kappa shape index (κ1) is 30.1. The smallest absolute Gasteiger partial charge is 1.00 e. The molecule has 0 radical (unpaired) electrons. The fraction of sp³-hybridized carbons (Fsp3) is 0.0625. The van der Waals surface area contributed by atoms with E-state index in [1.54, 1.807) is 0 Å². The molecule has 4 aromatic rings. The van der Waals surface area contributed by atoms with Gasteiger partial charge in [0.2, 0.25) is 0 Å². The van der Waals surface area contributed by atoms with Gasteiger partial charge in [0.05, 0.1) is 0 Å². The summed E-state index contributed by atoms with van der Waals surface area (Å²) < 4.78 is 0. The summed E-state index contributed by atoms with van der Waals surface area (Å²) in [6.07, 6.45) is 12.5. The van der Waals surface area contributed by atoms with E-state index in [4.69, 9.17) is 0 Å². The maximum absolute atomic E-state index is 3.94. The van der Waals surface area contributed by atoms with Crippen LogP contribution in [0.4, 0.5) is 0 Å². The Balaban J connectivity index is 0.00000114. The summed E-state index contributed by atoms with van der Waals surface area (Å²) in [5, 5.41) is 0. The van der Waals surface area contributed by atoms with Crippen molar-refractivity contribution in [3.63, 3.8) is 0 Å². The van der Waals surface area contributed by atoms with Crippen molar-refractivity contribution in [2.45, 2.75) is 12.8 Å². The van der Waals surface area contributed by atoms with Crippen molar-refractivity contribution in [3.05, 3.63) is 155 Å². The Morgan fingerprint density at radius 2 is 1.19 bits per heavy atom. The van der Waals surface area contributed by atoms with E-state index >= 15 is 0 Å². The Hall–Kier alpha value is -2.15. The van der Waals surface area contributed by atoms with E-state index < -0.39 is 0 Å². The van der Waals surface area contributed by atoms with Crippen LogP contribution in [0, 0.1) is 6.08 Å². The number of fused-ring (bicyclic) bond motifs is 3. The minimum atomic E-state index is 0. The third-order valence-corrected chi connectivity index (χ3v) is 6.48. The summed E-state index contributed by atoms with van der Waals surface area (Å²) in [6, 6.07) is 34.7. The van der Waals surface area contributed by atoms with Crippen LogP contribution in [0.1, 0.15) is 39.8 Å². The van der Waals surface area contributed by atoms with Gasteiger partial charge in [-0.25, -0.2) is 0 Å². The molecule has 4 heteroatoms. The van der Waals surface area contributed by atoms with E-state index in [-0.39, 0.29) is 63.4 Å². The Kier molecular flexibility index (Phi) is 11.2. The molecule has 0 bridgehead atoms. The van der Waals surface area contributed by atoms with Crippen LogP contribution in [0.5, 0.6) is 0 Å². The third-order valence-electron chi connectivity index (χ3n) is 6.48. The molecule has 4 aromatic carbocycles. The van der Waals surface area contributed by atoms with Crippen LogP contribution in [0.15, 0.2) is 115 Å². The van der Waals surface area contributed by atoms with Crippen LogP contribution in [0.3, 0.4) is 0 Å². The van der Waals surface area contributed by atoms with Gasteiger partial charge in [-0.3, -0.25) is 0 Å². The predicted octanol–water partition coefficient (Wildman–Crippen LogP) is -1.11. The van der Waals surface area contributed by atoms with Gasteiger partial charge >= 0.3 is 26.2 Å². The normalized spacial score (nSPS) is 11.9. The van der Waals surface area contributed by atoms with Gasteiger partial charge in [0, 0.05) is 0 Å². The molecule has 0 spiro atoms. The zero-order valence-corrected chi connectivity index (χ0v) is 24.2. The summed E-state index contributed by atoms with van der Waals surface area (Å²) in [6.45, 7) is 0. The first-order chi connectivity index (χ1) is 15.9. The quantitative estimate of drug-likeness (QED) is 0.181. The van der Waals surface area contributed by atoms with E-state index in [1.807, 2.05) is 0 Å². The number of hydrogen-bond donors (Lipinski definition) is 0. The van der Waals surface area contributed by atoms with Crippen molar-refractivity contribution in [1.29, 1.82) is 0 Å². The first-order valence-electron chi connectivity index (χ1n) is 11.2. The Labute approximate surface area is 251 Å². The molecule has 0 fully saturated rings. The second-order valence-corrected chi connectivity index (χ2v) is 8.40. The van der Waals surface area contributed by atoms with Crippen LogP contribution in [0.2, 0.25) is 0 Å². The number of allylic oxidation sites excluding steroid dienone is 4. The van der Waals surface area contributed by atoms with Crippen molar-refractivity contribution in [2.24, 2.45) is 0 Å². The minimum absolute atomic E-state index is 0. The predicted molar refractivity (Wildman–Crippen MR) is 134 cm³/mol. The van der Waals surface area contributed by atoms with E-state index in [9.17, 15) is 0 Å². The Morgan fingerprint density at radius 3 is 1.81 bits per heavy atom. The topological polar surface area (TPSA) is 0 Å². The van der Waals surface area contributed by atoms with E-state index in [2.05, 4.69) is 121 Å². The van der Waals surface area contributed by atoms with E-state index in [0.29, 0.717) is 0 Å². The molecule has 36 heavy (non-hydrogen) atoms. The monoisotopic (exact) mass is 602 g/mol. The molecule has 0 nitrogen and oxygen atoms in total. The van der Waals surface area contributed by atoms with Gasteiger partial charge in [-0.05, 0) is 29.5 Å². The molecule has 0 aliphatic heterocycles. The van der Waals surface area contributed by atoms with Crippen LogP contribution in [-0.4, -0.2) is 0 Å². The summed E-state index contributed by atoms with van der Waals surface area (Å²) in [5.41, 5.74) is 12.9. The molecule has 2 aliphatic carbocycles. The largest absolute Gasteiger partial charge is 4.00 e. The van der Waals surface area contributed by atoms with Gasteiger partial charge in [-0.15, -0.1) is 17.2 Å². The van der Waals surface area contributed by atoms with Crippen molar-refractivity contribution in [1.82, 2.24) is 0 Å². The minimum Gasteiger partial charge on any atom is -1.00 e. The summed E-state index contributed by atoms with van der Waals surface area (Å²) >= 11 is 0. The SMILES string of the molecule is [C-](=C(c1ccccc1)c1ccccc1)c1c(C2=CC=CC2)ccc2c1Cc1ccccc1-2.[Cl-].[Cl-].[Cl-].[Zr+4]. The molecular weight excluding hydrogens is 582 g/mol. The first-order valence-corrected chi connectivity index (χ1v) is 11.2. The molecule has 2 aliphatic rings. The second-order valence-electron chi connectivity index (χ2n) is 8.40. The molecule has 6 rings (SSSR count). The summed E-state index contributed by atoms with van der Waals surface area (Å²) in [7, 11) is 0. The van der Waals surface area contributed by atoms with Crippen LogP contribution >= 0.6 is 0 Å². The van der Waals surface area contributed by atoms with Crippen molar-refractivity contribution < 1.29 is 63.4 Å². The van der Waals surface area contributed by atoms with Crippen LogP contribution in [0.25, 0.3) is 22.3 Å². The van der Waals surface area contributed by atoms with Gasteiger partial charge in [0.25, 0.3) is 0 Å². The molecular formula is C32H23Cl3Zr. The molecule has 0 N–H and O–H groups in total. The number of hydrogen-bond acceptors (Lipinski definition) is 0. The van der Waals surface area contributed by atoms with E-state index in [0.717, 1.165) is 18.4 Å². The fourth-order valence-corrected chi connectivity index (χ4v) is 4.91. The van der Waals surface area contributed by atoms with Gasteiger partial charge < -0.3 is 37.2 Å². The summed E-state index contributed by atoms with van der Waals surface area (Å²) in [5.74, 6) is 0. The maximum atomic E-state index is 3.94. The molecule has 0 amide bonds. The second kappa shape index (κ2) is 13.4. The molecule has 0 saturated heterocycles. The van der Waals surface area contributed by atoms with Crippen molar-refractivity contribution >= 4 is 11.1 Å². The number of benzene rings is 4. The maximum Gasteiger partial charge on any atom is 4.00 e. The number of rotatable bonds is 4. The van der Waals surface area contributed by atoms with Crippen LogP contribution < -0.4 is 37.2 Å². The van der Waals surface area contributed by atoms with E-state index in [1.165, 1.54) is 50.1 Å². The van der Waals surface area contributed by atoms with Crippen molar-refractivity contribution in [3.8, 4) is 11.1 Å². The molecule has 0 heterocycles. The molecule has 0 aromatic heterocycles. The summed E-state index contributed by atoms with van der Waals surface area (Å²) in [4.78, 5) is 0. The molecule has 0 atom stereocenters. The zero-order valence-electron chi connectivity index (χ0n) is 19.5. The van der Waals surface area contributed by atoms with Crippen LogP contribution in [-0.2, 0) is 32.6 Å². The average Bonchev–Trinajstić information content (AvgIpc) is 3.52. The third kappa shape index (κ3) is 5.71. The zero-order chi connectivity index (χ0) is 21.3. The van der Waals surface area contributed by atoms with Gasteiger partial charge in [-0.1, -0.05) is 143 Å². The number of halogens is 3. The average molecular weight is 605 g/mol. The Bertz CT molecular complexity index is 1360. The fourth-order valence-electron chi connectivity index (χ4n) is 4.91. The molecule has 0 unspecified atom stereocenters.